The first-order valence-electron chi connectivity index (χ1n) is 7.78. The second-order valence-corrected chi connectivity index (χ2v) is 5.70. The van der Waals surface area contributed by atoms with Crippen molar-refractivity contribution < 1.29 is 4.79 Å². The maximum atomic E-state index is 12.5. The molecule has 0 spiro atoms. The number of aryl methyl sites for hydroxylation is 1. The zero-order valence-corrected chi connectivity index (χ0v) is 12.7. The molecule has 1 atom stereocenters. The minimum absolute atomic E-state index is 0.0700. The Morgan fingerprint density at radius 1 is 1.20 bits per heavy atom. The molecule has 1 N–H and O–H groups in total. The van der Waals surface area contributed by atoms with Crippen LogP contribution in [0.5, 0.6) is 0 Å². The summed E-state index contributed by atoms with van der Waals surface area (Å²) in [6.45, 7) is 7.89. The van der Waals surface area contributed by atoms with E-state index < -0.39 is 0 Å². The molecule has 1 heterocycles. The van der Waals surface area contributed by atoms with Crippen LogP contribution in [0, 0.1) is 5.92 Å². The molecule has 0 saturated carbocycles. The molecule has 20 heavy (non-hydrogen) atoms. The van der Waals surface area contributed by atoms with Crippen LogP contribution in [0.1, 0.15) is 31.4 Å². The Morgan fingerprint density at radius 2 is 1.90 bits per heavy atom. The van der Waals surface area contributed by atoms with Gasteiger partial charge in [-0.2, -0.15) is 0 Å². The van der Waals surface area contributed by atoms with Gasteiger partial charge in [-0.05, 0) is 36.9 Å². The first kappa shape index (κ1) is 15.0. The van der Waals surface area contributed by atoms with Crippen molar-refractivity contribution in [2.24, 2.45) is 5.92 Å². The molecule has 1 unspecified atom stereocenters. The van der Waals surface area contributed by atoms with Gasteiger partial charge in [0, 0.05) is 25.6 Å². The van der Waals surface area contributed by atoms with Gasteiger partial charge >= 0.3 is 0 Å². The van der Waals surface area contributed by atoms with Gasteiger partial charge in [-0.15, -0.1) is 0 Å². The van der Waals surface area contributed by atoms with E-state index in [9.17, 15) is 4.79 Å². The highest BCUT2D eigenvalue weighted by molar-refractivity contribution is 5.78. The molecule has 0 aromatic heterocycles. The minimum Gasteiger partial charge on any atom is -0.341 e. The Kier molecular flexibility index (Phi) is 5.60. The molecule has 1 aliphatic rings. The van der Waals surface area contributed by atoms with Crippen molar-refractivity contribution in [3.05, 3.63) is 35.4 Å². The summed E-state index contributed by atoms with van der Waals surface area (Å²) in [5, 5.41) is 3.34. The number of carbonyl (C=O) groups is 1. The molecule has 2 rings (SSSR count). The van der Waals surface area contributed by atoms with Crippen LogP contribution in [0.25, 0.3) is 0 Å². The molecule has 0 radical (unpaired) electrons. The molecule has 1 aromatic rings. The molecule has 3 heteroatoms. The highest BCUT2D eigenvalue weighted by Gasteiger charge is 2.21. The van der Waals surface area contributed by atoms with E-state index in [1.54, 1.807) is 0 Å². The summed E-state index contributed by atoms with van der Waals surface area (Å²) in [5.74, 6) is 0.369. The Labute approximate surface area is 122 Å². The average molecular weight is 274 g/mol. The molecule has 110 valence electrons. The van der Waals surface area contributed by atoms with Gasteiger partial charge in [-0.1, -0.05) is 38.1 Å². The summed E-state index contributed by atoms with van der Waals surface area (Å²) in [6, 6.07) is 8.66. The van der Waals surface area contributed by atoms with Crippen molar-refractivity contribution in [1.82, 2.24) is 10.2 Å². The zero-order chi connectivity index (χ0) is 14.4. The van der Waals surface area contributed by atoms with Gasteiger partial charge < -0.3 is 10.2 Å². The molecule has 0 aliphatic carbocycles. The molecule has 1 saturated heterocycles. The molecule has 0 bridgehead atoms. The van der Waals surface area contributed by atoms with Gasteiger partial charge in [0.05, 0.1) is 0 Å². The molecule has 1 fully saturated rings. The number of amides is 1. The third-order valence-corrected chi connectivity index (χ3v) is 4.05. The summed E-state index contributed by atoms with van der Waals surface area (Å²) in [7, 11) is 0. The van der Waals surface area contributed by atoms with Crippen molar-refractivity contribution in [1.29, 1.82) is 0 Å². The van der Waals surface area contributed by atoms with Gasteiger partial charge in [0.15, 0.2) is 0 Å². The molecule has 3 nitrogen and oxygen atoms in total. The van der Waals surface area contributed by atoms with E-state index in [0.29, 0.717) is 5.91 Å². The Hall–Kier alpha value is -1.35. The first-order chi connectivity index (χ1) is 9.70. The van der Waals surface area contributed by atoms with Crippen LogP contribution in [0.15, 0.2) is 24.3 Å². The van der Waals surface area contributed by atoms with E-state index in [1.165, 1.54) is 11.1 Å². The van der Waals surface area contributed by atoms with Crippen molar-refractivity contribution >= 4 is 5.91 Å². The maximum absolute atomic E-state index is 12.5. The topological polar surface area (TPSA) is 32.3 Å². The second kappa shape index (κ2) is 7.44. The summed E-state index contributed by atoms with van der Waals surface area (Å²) >= 11 is 0. The lowest BCUT2D eigenvalue weighted by Crippen LogP contribution is -2.38. The number of nitrogens with one attached hydrogen (secondary N) is 1. The fraction of sp³-hybridized carbons (Fsp3) is 0.588. The standard InChI is InChI=1S/C17H26N2O/c1-3-15-5-7-16(8-6-15)13-14(2)17(20)19-11-4-9-18-10-12-19/h5-8,14,18H,3-4,9-13H2,1-2H3. The fourth-order valence-electron chi connectivity index (χ4n) is 2.73. The third-order valence-electron chi connectivity index (χ3n) is 4.05. The fourth-order valence-corrected chi connectivity index (χ4v) is 2.73. The zero-order valence-electron chi connectivity index (χ0n) is 12.7. The number of carbonyl (C=O) groups excluding carboxylic acids is 1. The molecule has 1 aliphatic heterocycles. The highest BCUT2D eigenvalue weighted by atomic mass is 16.2. The Morgan fingerprint density at radius 3 is 2.60 bits per heavy atom. The van der Waals surface area contributed by atoms with Crippen LogP contribution >= 0.6 is 0 Å². The van der Waals surface area contributed by atoms with Gasteiger partial charge in [-0.3, -0.25) is 4.79 Å². The third kappa shape index (κ3) is 4.07. The normalized spacial score (nSPS) is 17.6. The van der Waals surface area contributed by atoms with Gasteiger partial charge in [0.2, 0.25) is 5.91 Å². The quantitative estimate of drug-likeness (QED) is 0.913. The van der Waals surface area contributed by atoms with Gasteiger partial charge in [0.1, 0.15) is 0 Å². The molecule has 1 amide bonds. The van der Waals surface area contributed by atoms with Crippen molar-refractivity contribution in [3.63, 3.8) is 0 Å². The summed E-state index contributed by atoms with van der Waals surface area (Å²) in [4.78, 5) is 14.5. The average Bonchev–Trinajstić information content (AvgIpc) is 2.76. The smallest absolute Gasteiger partial charge is 0.225 e. The largest absolute Gasteiger partial charge is 0.341 e. The monoisotopic (exact) mass is 274 g/mol. The van der Waals surface area contributed by atoms with Crippen LogP contribution < -0.4 is 5.32 Å². The van der Waals surface area contributed by atoms with Crippen molar-refractivity contribution in [2.75, 3.05) is 26.2 Å². The van der Waals surface area contributed by atoms with Gasteiger partial charge in [-0.25, -0.2) is 0 Å². The van der Waals surface area contributed by atoms with Crippen LogP contribution in [-0.4, -0.2) is 37.0 Å². The van der Waals surface area contributed by atoms with Gasteiger partial charge in [0.25, 0.3) is 0 Å². The van der Waals surface area contributed by atoms with Crippen molar-refractivity contribution in [2.45, 2.75) is 33.1 Å². The van der Waals surface area contributed by atoms with E-state index in [2.05, 4.69) is 36.5 Å². The summed E-state index contributed by atoms with van der Waals surface area (Å²) in [5.41, 5.74) is 2.61. The predicted octanol–water partition coefficient (Wildman–Crippen LogP) is 2.25. The van der Waals surface area contributed by atoms with E-state index in [4.69, 9.17) is 0 Å². The van der Waals surface area contributed by atoms with E-state index in [0.717, 1.165) is 45.4 Å². The number of hydrogen-bond donors (Lipinski definition) is 1. The predicted molar refractivity (Wildman–Crippen MR) is 82.8 cm³/mol. The minimum atomic E-state index is 0.0700. The number of hydrogen-bond acceptors (Lipinski definition) is 2. The summed E-state index contributed by atoms with van der Waals surface area (Å²) < 4.78 is 0. The molecular weight excluding hydrogens is 248 g/mol. The van der Waals surface area contributed by atoms with Crippen molar-refractivity contribution in [3.8, 4) is 0 Å². The van der Waals surface area contributed by atoms with Crippen LogP contribution in [0.2, 0.25) is 0 Å². The molecular formula is C17H26N2O. The second-order valence-electron chi connectivity index (χ2n) is 5.70. The lowest BCUT2D eigenvalue weighted by atomic mass is 9.98. The van der Waals surface area contributed by atoms with E-state index >= 15 is 0 Å². The van der Waals surface area contributed by atoms with Crippen LogP contribution in [-0.2, 0) is 17.6 Å². The van der Waals surface area contributed by atoms with Crippen LogP contribution in [0.3, 0.4) is 0 Å². The SMILES string of the molecule is CCc1ccc(CC(C)C(=O)N2CCCNCC2)cc1. The van der Waals surface area contributed by atoms with E-state index in [-0.39, 0.29) is 5.92 Å². The summed E-state index contributed by atoms with van der Waals surface area (Å²) in [6.07, 6.45) is 2.96. The maximum Gasteiger partial charge on any atom is 0.225 e. The van der Waals surface area contributed by atoms with Crippen LogP contribution in [0.4, 0.5) is 0 Å². The molecule has 1 aromatic carbocycles. The first-order valence-corrected chi connectivity index (χ1v) is 7.78. The lowest BCUT2D eigenvalue weighted by Gasteiger charge is -2.24. The lowest BCUT2D eigenvalue weighted by molar-refractivity contribution is -0.134. The van der Waals surface area contributed by atoms with E-state index in [1.807, 2.05) is 11.8 Å². The Balaban J connectivity index is 1.92. The number of rotatable bonds is 4. The highest BCUT2D eigenvalue weighted by Crippen LogP contribution is 2.13. The number of benzene rings is 1. The number of nitrogens with zero attached hydrogens (tertiary/aromatic N) is 1. The Bertz CT molecular complexity index is 419.